The van der Waals surface area contributed by atoms with E-state index in [0.717, 1.165) is 68.7 Å². The van der Waals surface area contributed by atoms with Gasteiger partial charge < -0.3 is 18.9 Å². The monoisotopic (exact) mass is 452 g/mol. The van der Waals surface area contributed by atoms with Crippen molar-refractivity contribution in [1.82, 2.24) is 24.9 Å². The van der Waals surface area contributed by atoms with Gasteiger partial charge in [-0.1, -0.05) is 11.2 Å². The Morgan fingerprint density at radius 1 is 1.03 bits per heavy atom. The predicted molar refractivity (Wildman–Crippen MR) is 127 cm³/mol. The van der Waals surface area contributed by atoms with Crippen molar-refractivity contribution in [3.8, 4) is 22.8 Å². The number of hydrogen-bond acceptors (Lipinski definition) is 9. The van der Waals surface area contributed by atoms with E-state index in [0.29, 0.717) is 18.0 Å². The van der Waals surface area contributed by atoms with Crippen LogP contribution in [0.2, 0.25) is 0 Å². The van der Waals surface area contributed by atoms with Gasteiger partial charge in [-0.2, -0.15) is 0 Å². The fraction of sp³-hybridized carbons (Fsp3) is 0.458. The summed E-state index contributed by atoms with van der Waals surface area (Å²) in [6.45, 7) is 6.78. The summed E-state index contributed by atoms with van der Waals surface area (Å²) >= 11 is 0. The van der Waals surface area contributed by atoms with Crippen molar-refractivity contribution in [2.24, 2.45) is 0 Å². The zero-order valence-electron chi connectivity index (χ0n) is 19.6. The first kappa shape index (κ1) is 23.0. The normalized spacial score (nSPS) is 14.6. The van der Waals surface area contributed by atoms with Gasteiger partial charge >= 0.3 is 0 Å². The highest BCUT2D eigenvalue weighted by Crippen LogP contribution is 2.37. The van der Waals surface area contributed by atoms with E-state index in [2.05, 4.69) is 36.9 Å². The number of aromatic nitrogens is 3. The Kier molecular flexibility index (Phi) is 7.74. The first-order valence-electron chi connectivity index (χ1n) is 11.3. The van der Waals surface area contributed by atoms with E-state index in [4.69, 9.17) is 14.0 Å². The number of ether oxygens (including phenoxy) is 2. The molecule has 3 aromatic rings. The van der Waals surface area contributed by atoms with Crippen molar-refractivity contribution in [2.45, 2.75) is 13.0 Å². The number of para-hydroxylation sites is 1. The zero-order chi connectivity index (χ0) is 23.0. The molecule has 0 saturated carbocycles. The van der Waals surface area contributed by atoms with Crippen molar-refractivity contribution in [3.63, 3.8) is 0 Å². The van der Waals surface area contributed by atoms with Gasteiger partial charge in [-0.3, -0.25) is 9.80 Å². The number of nitrogens with zero attached hydrogens (tertiary/aromatic N) is 6. The van der Waals surface area contributed by atoms with Gasteiger partial charge in [0.15, 0.2) is 17.3 Å². The molecule has 9 nitrogen and oxygen atoms in total. The first-order chi connectivity index (χ1) is 16.2. The minimum Gasteiger partial charge on any atom is -0.493 e. The maximum absolute atomic E-state index is 5.60. The molecule has 1 aliphatic rings. The van der Waals surface area contributed by atoms with Crippen LogP contribution in [0.4, 0.5) is 5.95 Å². The van der Waals surface area contributed by atoms with Crippen LogP contribution in [0, 0.1) is 0 Å². The molecule has 3 heterocycles. The molecule has 0 radical (unpaired) electrons. The second-order valence-corrected chi connectivity index (χ2v) is 8.19. The fourth-order valence-electron chi connectivity index (χ4n) is 4.14. The SMILES string of the molecule is COc1cccc(-c2cc(CN(C)CCCN3CCN(c4ncccn4)CC3)on2)c1OC. The van der Waals surface area contributed by atoms with Crippen molar-refractivity contribution < 1.29 is 14.0 Å². The number of anilines is 1. The molecular formula is C24H32N6O3. The standard InChI is InChI=1S/C24H32N6O3/c1-28(11-6-12-29-13-15-30(16-14-29)24-25-9-5-10-26-24)18-19-17-21(27-33-19)20-7-4-8-22(31-2)23(20)32-3/h4-5,7-10,17H,6,11-16,18H2,1-3H3. The Morgan fingerprint density at radius 3 is 2.55 bits per heavy atom. The number of benzene rings is 1. The lowest BCUT2D eigenvalue weighted by Crippen LogP contribution is -2.47. The number of hydrogen-bond donors (Lipinski definition) is 0. The second-order valence-electron chi connectivity index (χ2n) is 8.19. The fourth-order valence-corrected chi connectivity index (χ4v) is 4.14. The molecule has 0 aliphatic carbocycles. The molecule has 0 atom stereocenters. The summed E-state index contributed by atoms with van der Waals surface area (Å²) in [5, 5.41) is 4.25. The second kappa shape index (κ2) is 11.1. The summed E-state index contributed by atoms with van der Waals surface area (Å²) in [4.78, 5) is 15.7. The van der Waals surface area contributed by atoms with E-state index in [9.17, 15) is 0 Å². The van der Waals surface area contributed by atoms with E-state index in [1.165, 1.54) is 0 Å². The van der Waals surface area contributed by atoms with Crippen LogP contribution in [0.15, 0.2) is 47.2 Å². The van der Waals surface area contributed by atoms with Crippen LogP contribution in [0.25, 0.3) is 11.3 Å². The van der Waals surface area contributed by atoms with Crippen molar-refractivity contribution >= 4 is 5.95 Å². The summed E-state index contributed by atoms with van der Waals surface area (Å²) in [7, 11) is 5.37. The third-order valence-electron chi connectivity index (χ3n) is 5.89. The Labute approximate surface area is 194 Å². The largest absolute Gasteiger partial charge is 0.493 e. The van der Waals surface area contributed by atoms with Crippen LogP contribution in [0.1, 0.15) is 12.2 Å². The van der Waals surface area contributed by atoms with Gasteiger partial charge in [-0.25, -0.2) is 9.97 Å². The third-order valence-corrected chi connectivity index (χ3v) is 5.89. The molecule has 9 heteroatoms. The molecule has 4 rings (SSSR count). The quantitative estimate of drug-likeness (QED) is 0.461. The maximum Gasteiger partial charge on any atom is 0.225 e. The van der Waals surface area contributed by atoms with Crippen LogP contribution >= 0.6 is 0 Å². The highest BCUT2D eigenvalue weighted by Gasteiger charge is 2.19. The Morgan fingerprint density at radius 2 is 1.82 bits per heavy atom. The van der Waals surface area contributed by atoms with Crippen molar-refractivity contribution in [3.05, 3.63) is 48.5 Å². The van der Waals surface area contributed by atoms with Gasteiger partial charge in [0, 0.05) is 50.2 Å². The van der Waals surface area contributed by atoms with E-state index < -0.39 is 0 Å². The lowest BCUT2D eigenvalue weighted by molar-refractivity contribution is 0.222. The lowest BCUT2D eigenvalue weighted by Gasteiger charge is -2.34. The average Bonchev–Trinajstić information content (AvgIpc) is 3.32. The smallest absolute Gasteiger partial charge is 0.225 e. The van der Waals surface area contributed by atoms with Gasteiger partial charge in [0.05, 0.1) is 20.8 Å². The third kappa shape index (κ3) is 5.80. The minimum atomic E-state index is 0.659. The van der Waals surface area contributed by atoms with E-state index in [1.807, 2.05) is 30.3 Å². The summed E-state index contributed by atoms with van der Waals surface area (Å²) in [5.74, 6) is 2.99. The van der Waals surface area contributed by atoms with Crippen LogP contribution in [-0.4, -0.2) is 85.5 Å². The lowest BCUT2D eigenvalue weighted by atomic mass is 10.1. The Bertz CT molecular complexity index is 1000. The number of piperazine rings is 1. The summed E-state index contributed by atoms with van der Waals surface area (Å²) in [6, 6.07) is 9.57. The Hall–Kier alpha value is -3.17. The average molecular weight is 453 g/mol. The first-order valence-corrected chi connectivity index (χ1v) is 11.3. The molecule has 0 bridgehead atoms. The van der Waals surface area contributed by atoms with E-state index in [-0.39, 0.29) is 0 Å². The van der Waals surface area contributed by atoms with Crippen molar-refractivity contribution in [2.75, 3.05) is 65.4 Å². The summed E-state index contributed by atoms with van der Waals surface area (Å²) < 4.78 is 16.5. The molecule has 0 spiro atoms. The van der Waals surface area contributed by atoms with Gasteiger partial charge in [-0.05, 0) is 44.8 Å². The zero-order valence-corrected chi connectivity index (χ0v) is 19.6. The molecule has 1 aromatic carbocycles. The van der Waals surface area contributed by atoms with Gasteiger partial charge in [0.1, 0.15) is 5.69 Å². The molecule has 1 saturated heterocycles. The Balaban J connectivity index is 1.22. The molecule has 0 amide bonds. The van der Waals surface area contributed by atoms with Crippen LogP contribution in [0.5, 0.6) is 11.5 Å². The topological polar surface area (TPSA) is 80.0 Å². The van der Waals surface area contributed by atoms with Gasteiger partial charge in [0.2, 0.25) is 5.95 Å². The number of methoxy groups -OCH3 is 2. The summed E-state index contributed by atoms with van der Waals surface area (Å²) in [5.41, 5.74) is 1.60. The molecular weight excluding hydrogens is 420 g/mol. The van der Waals surface area contributed by atoms with E-state index in [1.54, 1.807) is 26.6 Å². The molecule has 1 fully saturated rings. The maximum atomic E-state index is 5.60. The van der Waals surface area contributed by atoms with Crippen LogP contribution < -0.4 is 14.4 Å². The molecule has 0 unspecified atom stereocenters. The molecule has 33 heavy (non-hydrogen) atoms. The molecule has 0 N–H and O–H groups in total. The van der Waals surface area contributed by atoms with Crippen molar-refractivity contribution in [1.29, 1.82) is 0 Å². The summed E-state index contributed by atoms with van der Waals surface area (Å²) in [6.07, 6.45) is 4.70. The highest BCUT2D eigenvalue weighted by molar-refractivity contribution is 5.71. The molecule has 2 aromatic heterocycles. The molecule has 1 aliphatic heterocycles. The van der Waals surface area contributed by atoms with Gasteiger partial charge in [0.25, 0.3) is 0 Å². The van der Waals surface area contributed by atoms with Gasteiger partial charge in [-0.15, -0.1) is 0 Å². The van der Waals surface area contributed by atoms with Crippen LogP contribution in [0.3, 0.4) is 0 Å². The molecule has 176 valence electrons. The van der Waals surface area contributed by atoms with Crippen LogP contribution in [-0.2, 0) is 6.54 Å². The predicted octanol–water partition coefficient (Wildman–Crippen LogP) is 2.79. The minimum absolute atomic E-state index is 0.659. The number of rotatable bonds is 10. The van der Waals surface area contributed by atoms with E-state index >= 15 is 0 Å². The highest BCUT2D eigenvalue weighted by atomic mass is 16.5.